The molecule has 0 aliphatic carbocycles. The van der Waals surface area contributed by atoms with Crippen molar-refractivity contribution in [3.63, 3.8) is 0 Å². The highest BCUT2D eigenvalue weighted by Gasteiger charge is 2.05. The molecular weight excluding hydrogens is 258 g/mol. The van der Waals surface area contributed by atoms with E-state index in [9.17, 15) is 4.79 Å². The molecule has 0 fully saturated rings. The third-order valence-corrected chi connectivity index (χ3v) is 3.38. The summed E-state index contributed by atoms with van der Waals surface area (Å²) in [5.74, 6) is 0.0508. The minimum atomic E-state index is 0.0508. The largest absolute Gasteiger partial charge is 0.378 e. The second kappa shape index (κ2) is 5.89. The van der Waals surface area contributed by atoms with Gasteiger partial charge in [-0.25, -0.2) is 0 Å². The van der Waals surface area contributed by atoms with Crippen LogP contribution in [-0.4, -0.2) is 12.3 Å². The lowest BCUT2D eigenvalue weighted by atomic mass is 10.1. The number of Topliss-reactive ketones (excluding diaryl/α,β-unsaturated/α-hetero) is 1. The van der Waals surface area contributed by atoms with Crippen LogP contribution >= 0.6 is 11.6 Å². The standard InChI is InChI=1S/C16H16ClNO/c1-11-3-8-15(9-12(11)2)18-10-16(19)13-4-6-14(17)7-5-13/h3-9,18H,10H2,1-2H3. The van der Waals surface area contributed by atoms with Gasteiger partial charge in [0.05, 0.1) is 6.54 Å². The van der Waals surface area contributed by atoms with E-state index in [1.807, 2.05) is 18.2 Å². The van der Waals surface area contributed by atoms with Crippen molar-refractivity contribution in [1.82, 2.24) is 0 Å². The van der Waals surface area contributed by atoms with Crippen molar-refractivity contribution in [2.75, 3.05) is 11.9 Å². The van der Waals surface area contributed by atoms with Gasteiger partial charge in [-0.2, -0.15) is 0 Å². The van der Waals surface area contributed by atoms with Crippen LogP contribution in [0.5, 0.6) is 0 Å². The molecular formula is C16H16ClNO. The van der Waals surface area contributed by atoms with Gasteiger partial charge in [0.2, 0.25) is 0 Å². The van der Waals surface area contributed by atoms with E-state index in [0.29, 0.717) is 10.6 Å². The Hall–Kier alpha value is -1.80. The molecule has 2 aromatic rings. The summed E-state index contributed by atoms with van der Waals surface area (Å²) < 4.78 is 0. The fourth-order valence-electron chi connectivity index (χ4n) is 1.77. The van der Waals surface area contributed by atoms with E-state index in [4.69, 9.17) is 11.6 Å². The maximum absolute atomic E-state index is 12.0. The molecule has 1 N–H and O–H groups in total. The molecule has 0 aliphatic heterocycles. The average molecular weight is 274 g/mol. The number of anilines is 1. The molecule has 0 saturated carbocycles. The molecule has 0 amide bonds. The molecule has 0 heterocycles. The Labute approximate surface area is 118 Å². The minimum absolute atomic E-state index is 0.0508. The molecule has 2 rings (SSSR count). The summed E-state index contributed by atoms with van der Waals surface area (Å²) in [5.41, 5.74) is 4.09. The molecule has 0 aliphatic rings. The maximum Gasteiger partial charge on any atom is 0.181 e. The third-order valence-electron chi connectivity index (χ3n) is 3.13. The number of ketones is 1. The van der Waals surface area contributed by atoms with Crippen molar-refractivity contribution in [2.45, 2.75) is 13.8 Å². The Morgan fingerprint density at radius 1 is 1.05 bits per heavy atom. The summed E-state index contributed by atoms with van der Waals surface area (Å²) in [6.45, 7) is 4.41. The van der Waals surface area contributed by atoms with Crippen LogP contribution < -0.4 is 5.32 Å². The van der Waals surface area contributed by atoms with Crippen molar-refractivity contribution in [1.29, 1.82) is 0 Å². The van der Waals surface area contributed by atoms with Gasteiger partial charge in [-0.3, -0.25) is 4.79 Å². The molecule has 2 nitrogen and oxygen atoms in total. The van der Waals surface area contributed by atoms with E-state index in [-0.39, 0.29) is 12.3 Å². The summed E-state index contributed by atoms with van der Waals surface area (Å²) in [4.78, 5) is 12.0. The van der Waals surface area contributed by atoms with E-state index >= 15 is 0 Å². The van der Waals surface area contributed by atoms with E-state index in [1.165, 1.54) is 11.1 Å². The van der Waals surface area contributed by atoms with Gasteiger partial charge >= 0.3 is 0 Å². The quantitative estimate of drug-likeness (QED) is 0.844. The summed E-state index contributed by atoms with van der Waals surface area (Å²) >= 11 is 5.79. The zero-order chi connectivity index (χ0) is 13.8. The number of carbonyl (C=O) groups is 1. The first-order valence-electron chi connectivity index (χ1n) is 6.16. The van der Waals surface area contributed by atoms with Crippen LogP contribution in [0.25, 0.3) is 0 Å². The lowest BCUT2D eigenvalue weighted by Crippen LogP contribution is -2.13. The SMILES string of the molecule is Cc1ccc(NCC(=O)c2ccc(Cl)cc2)cc1C. The Bertz CT molecular complexity index is 590. The molecule has 0 radical (unpaired) electrons. The number of hydrogen-bond acceptors (Lipinski definition) is 2. The number of benzene rings is 2. The molecule has 0 bridgehead atoms. The van der Waals surface area contributed by atoms with E-state index < -0.39 is 0 Å². The second-order valence-electron chi connectivity index (χ2n) is 4.58. The molecule has 0 aromatic heterocycles. The maximum atomic E-state index is 12.0. The highest BCUT2D eigenvalue weighted by Crippen LogP contribution is 2.15. The average Bonchev–Trinajstić information content (AvgIpc) is 2.40. The number of hydrogen-bond donors (Lipinski definition) is 1. The van der Waals surface area contributed by atoms with E-state index in [0.717, 1.165) is 5.69 Å². The number of aryl methyl sites for hydroxylation is 2. The first-order chi connectivity index (χ1) is 9.06. The van der Waals surface area contributed by atoms with Crippen LogP contribution in [0, 0.1) is 13.8 Å². The predicted octanol–water partition coefficient (Wildman–Crippen LogP) is 4.25. The van der Waals surface area contributed by atoms with Crippen molar-refractivity contribution in [3.05, 3.63) is 64.2 Å². The molecule has 2 aromatic carbocycles. The first kappa shape index (κ1) is 13.6. The normalized spacial score (nSPS) is 10.3. The molecule has 3 heteroatoms. The monoisotopic (exact) mass is 273 g/mol. The van der Waals surface area contributed by atoms with Crippen LogP contribution in [0.15, 0.2) is 42.5 Å². The Kier molecular flexibility index (Phi) is 4.23. The molecule has 0 unspecified atom stereocenters. The summed E-state index contributed by atoms with van der Waals surface area (Å²) in [7, 11) is 0. The van der Waals surface area contributed by atoms with Crippen LogP contribution in [-0.2, 0) is 0 Å². The van der Waals surface area contributed by atoms with Crippen molar-refractivity contribution >= 4 is 23.1 Å². The summed E-state index contributed by atoms with van der Waals surface area (Å²) in [5, 5.41) is 3.78. The smallest absolute Gasteiger partial charge is 0.181 e. The highest BCUT2D eigenvalue weighted by atomic mass is 35.5. The number of carbonyl (C=O) groups excluding carboxylic acids is 1. The third kappa shape index (κ3) is 3.58. The Morgan fingerprint density at radius 2 is 1.74 bits per heavy atom. The topological polar surface area (TPSA) is 29.1 Å². The van der Waals surface area contributed by atoms with Crippen LogP contribution in [0.3, 0.4) is 0 Å². The molecule has 98 valence electrons. The summed E-state index contributed by atoms with van der Waals surface area (Å²) in [6.07, 6.45) is 0. The van der Waals surface area contributed by atoms with E-state index in [2.05, 4.69) is 19.2 Å². The summed E-state index contributed by atoms with van der Waals surface area (Å²) in [6, 6.07) is 13.0. The van der Waals surface area contributed by atoms with Gasteiger partial charge in [0.15, 0.2) is 5.78 Å². The van der Waals surface area contributed by atoms with Crippen molar-refractivity contribution in [2.24, 2.45) is 0 Å². The van der Waals surface area contributed by atoms with Gasteiger partial charge in [-0.1, -0.05) is 17.7 Å². The first-order valence-corrected chi connectivity index (χ1v) is 6.54. The number of halogens is 1. The molecule has 0 saturated heterocycles. The van der Waals surface area contributed by atoms with Gasteiger partial charge in [-0.15, -0.1) is 0 Å². The zero-order valence-corrected chi connectivity index (χ0v) is 11.8. The minimum Gasteiger partial charge on any atom is -0.378 e. The number of nitrogens with one attached hydrogen (secondary N) is 1. The van der Waals surface area contributed by atoms with Crippen molar-refractivity contribution in [3.8, 4) is 0 Å². The lowest BCUT2D eigenvalue weighted by Gasteiger charge is -2.08. The van der Waals surface area contributed by atoms with Crippen LogP contribution in [0.4, 0.5) is 5.69 Å². The highest BCUT2D eigenvalue weighted by molar-refractivity contribution is 6.30. The second-order valence-corrected chi connectivity index (χ2v) is 5.02. The van der Waals surface area contributed by atoms with Crippen molar-refractivity contribution < 1.29 is 4.79 Å². The van der Waals surface area contributed by atoms with Gasteiger partial charge in [-0.05, 0) is 61.4 Å². The van der Waals surface area contributed by atoms with Gasteiger partial charge in [0, 0.05) is 16.3 Å². The number of rotatable bonds is 4. The zero-order valence-electron chi connectivity index (χ0n) is 11.0. The molecule has 0 spiro atoms. The predicted molar refractivity (Wildman–Crippen MR) is 80.2 cm³/mol. The fourth-order valence-corrected chi connectivity index (χ4v) is 1.90. The lowest BCUT2D eigenvalue weighted by molar-refractivity contribution is 0.101. The van der Waals surface area contributed by atoms with Crippen LogP contribution in [0.2, 0.25) is 5.02 Å². The Morgan fingerprint density at radius 3 is 2.37 bits per heavy atom. The van der Waals surface area contributed by atoms with Gasteiger partial charge < -0.3 is 5.32 Å². The fraction of sp³-hybridized carbons (Fsp3) is 0.188. The van der Waals surface area contributed by atoms with Gasteiger partial charge in [0.25, 0.3) is 0 Å². The van der Waals surface area contributed by atoms with E-state index in [1.54, 1.807) is 24.3 Å². The van der Waals surface area contributed by atoms with Gasteiger partial charge in [0.1, 0.15) is 0 Å². The van der Waals surface area contributed by atoms with Crippen LogP contribution in [0.1, 0.15) is 21.5 Å². The molecule has 0 atom stereocenters. The Balaban J connectivity index is 2.00. The molecule has 19 heavy (non-hydrogen) atoms.